The molecule has 1 aliphatic rings. The Morgan fingerprint density at radius 1 is 1.09 bits per heavy atom. The molecule has 0 saturated carbocycles. The second kappa shape index (κ2) is 10.6. The Morgan fingerprint density at radius 2 is 2.03 bits per heavy atom. The molecular weight excluding hydrogens is 444 g/mol. The lowest BCUT2D eigenvalue weighted by Gasteiger charge is -2.25. The number of aromatic nitrogens is 3. The Balaban J connectivity index is 1.36. The summed E-state index contributed by atoms with van der Waals surface area (Å²) in [6.45, 7) is 2.38. The fraction of sp³-hybridized carbons (Fsp3) is 0.296. The molecule has 1 amide bonds. The predicted octanol–water partition coefficient (Wildman–Crippen LogP) is 3.65. The number of methoxy groups -OCH3 is 1. The quantitative estimate of drug-likeness (QED) is 0.409. The van der Waals surface area contributed by atoms with E-state index in [-0.39, 0.29) is 18.4 Å². The minimum atomic E-state index is -0.107. The van der Waals surface area contributed by atoms with Crippen molar-refractivity contribution in [1.29, 1.82) is 0 Å². The third kappa shape index (κ3) is 5.12. The first-order chi connectivity index (χ1) is 17.2. The topological polar surface area (TPSA) is 78.2 Å². The Labute approximate surface area is 204 Å². The number of fused-ring (bicyclic) bond motifs is 1. The number of carbonyl (C=O) groups is 1. The number of hydrogen-bond donors (Lipinski definition) is 0. The van der Waals surface area contributed by atoms with Gasteiger partial charge in [0.25, 0.3) is 5.91 Å². The monoisotopic (exact) mass is 472 g/mol. The molecule has 0 N–H and O–H groups in total. The van der Waals surface area contributed by atoms with Gasteiger partial charge in [-0.05, 0) is 42.8 Å². The van der Waals surface area contributed by atoms with E-state index in [0.29, 0.717) is 43.4 Å². The van der Waals surface area contributed by atoms with E-state index in [9.17, 15) is 4.79 Å². The molecule has 8 nitrogen and oxygen atoms in total. The van der Waals surface area contributed by atoms with Crippen molar-refractivity contribution in [2.24, 2.45) is 5.92 Å². The molecule has 1 atom stereocenters. The summed E-state index contributed by atoms with van der Waals surface area (Å²) in [4.78, 5) is 24.5. The molecule has 1 aromatic carbocycles. The molecule has 1 saturated heterocycles. The predicted molar refractivity (Wildman–Crippen MR) is 131 cm³/mol. The summed E-state index contributed by atoms with van der Waals surface area (Å²) >= 11 is 0. The molecule has 8 heteroatoms. The normalized spacial score (nSPS) is 16.1. The summed E-state index contributed by atoms with van der Waals surface area (Å²) in [6, 6.07) is 15.1. The SMILES string of the molecule is COc1cccc(C(=O)N2CCOCC(Cc3nccn4cccc34)C2)c1OCc1ccccn1. The molecule has 1 fully saturated rings. The summed E-state index contributed by atoms with van der Waals surface area (Å²) in [7, 11) is 1.57. The van der Waals surface area contributed by atoms with Crippen molar-refractivity contribution in [1.82, 2.24) is 19.3 Å². The number of nitrogens with zero attached hydrogens (tertiary/aromatic N) is 4. The van der Waals surface area contributed by atoms with Gasteiger partial charge in [0, 0.05) is 43.8 Å². The maximum absolute atomic E-state index is 13.7. The van der Waals surface area contributed by atoms with Gasteiger partial charge < -0.3 is 23.5 Å². The summed E-state index contributed by atoms with van der Waals surface area (Å²) in [5, 5.41) is 0. The van der Waals surface area contributed by atoms with E-state index in [0.717, 1.165) is 23.3 Å². The second-order valence-corrected chi connectivity index (χ2v) is 8.52. The maximum atomic E-state index is 13.7. The van der Waals surface area contributed by atoms with Crippen LogP contribution >= 0.6 is 0 Å². The molecule has 35 heavy (non-hydrogen) atoms. The Kier molecular flexibility index (Phi) is 6.90. The molecule has 1 unspecified atom stereocenters. The first-order valence-corrected chi connectivity index (χ1v) is 11.7. The van der Waals surface area contributed by atoms with E-state index in [4.69, 9.17) is 14.2 Å². The summed E-state index contributed by atoms with van der Waals surface area (Å²) < 4.78 is 19.5. The first-order valence-electron chi connectivity index (χ1n) is 11.7. The lowest BCUT2D eigenvalue weighted by atomic mass is 10.0. The first kappa shape index (κ1) is 22.9. The van der Waals surface area contributed by atoms with Crippen LogP contribution in [-0.2, 0) is 17.8 Å². The number of rotatable bonds is 7. The number of pyridine rings is 1. The summed E-state index contributed by atoms with van der Waals surface area (Å²) in [6.07, 6.45) is 8.19. The molecule has 1 aliphatic heterocycles. The Morgan fingerprint density at radius 3 is 2.89 bits per heavy atom. The van der Waals surface area contributed by atoms with Crippen LogP contribution in [0, 0.1) is 5.92 Å². The largest absolute Gasteiger partial charge is 0.493 e. The highest BCUT2D eigenvalue weighted by atomic mass is 16.5. The van der Waals surface area contributed by atoms with E-state index >= 15 is 0 Å². The van der Waals surface area contributed by atoms with Gasteiger partial charge in [-0.2, -0.15) is 0 Å². The standard InChI is InChI=1S/C27H28N4O4/c1-33-25-9-4-7-22(26(25)35-19-21-6-2-3-10-28-21)27(32)31-14-15-34-18-20(17-31)16-23-24-8-5-12-30(24)13-11-29-23/h2-13,20H,14-19H2,1H3. The zero-order valence-corrected chi connectivity index (χ0v) is 19.7. The van der Waals surface area contributed by atoms with Crippen LogP contribution in [0.2, 0.25) is 0 Å². The molecule has 0 bridgehead atoms. The van der Waals surface area contributed by atoms with Gasteiger partial charge in [0.1, 0.15) is 6.61 Å². The van der Waals surface area contributed by atoms with Gasteiger partial charge in [0.15, 0.2) is 11.5 Å². The highest BCUT2D eigenvalue weighted by Gasteiger charge is 2.27. The van der Waals surface area contributed by atoms with Crippen molar-refractivity contribution in [2.45, 2.75) is 13.0 Å². The third-order valence-corrected chi connectivity index (χ3v) is 6.16. The van der Waals surface area contributed by atoms with Crippen LogP contribution < -0.4 is 9.47 Å². The van der Waals surface area contributed by atoms with Crippen LogP contribution in [0.3, 0.4) is 0 Å². The lowest BCUT2D eigenvalue weighted by molar-refractivity contribution is 0.0731. The van der Waals surface area contributed by atoms with Crippen LogP contribution in [0.15, 0.2) is 73.3 Å². The smallest absolute Gasteiger partial charge is 0.257 e. The molecule has 3 aromatic heterocycles. The lowest BCUT2D eigenvalue weighted by Crippen LogP contribution is -2.36. The number of hydrogen-bond acceptors (Lipinski definition) is 6. The fourth-order valence-corrected chi connectivity index (χ4v) is 4.44. The van der Waals surface area contributed by atoms with Crippen LogP contribution in [0.1, 0.15) is 21.7 Å². The van der Waals surface area contributed by atoms with Gasteiger partial charge in [-0.3, -0.25) is 14.8 Å². The molecular formula is C27H28N4O4. The summed E-state index contributed by atoms with van der Waals surface area (Å²) in [5.41, 5.74) is 3.31. The number of para-hydroxylation sites is 1. The molecule has 4 heterocycles. The van der Waals surface area contributed by atoms with Gasteiger partial charge in [0.05, 0.1) is 42.8 Å². The molecule has 4 aromatic rings. The van der Waals surface area contributed by atoms with Crippen LogP contribution in [0.4, 0.5) is 0 Å². The molecule has 0 spiro atoms. The van der Waals surface area contributed by atoms with E-state index in [1.807, 2.05) is 53.8 Å². The van der Waals surface area contributed by atoms with Gasteiger partial charge in [-0.1, -0.05) is 12.1 Å². The van der Waals surface area contributed by atoms with Crippen molar-refractivity contribution in [3.8, 4) is 11.5 Å². The van der Waals surface area contributed by atoms with Crippen LogP contribution in [0.25, 0.3) is 5.52 Å². The summed E-state index contributed by atoms with van der Waals surface area (Å²) in [5.74, 6) is 0.952. The number of carbonyl (C=O) groups excluding carboxylic acids is 1. The van der Waals surface area contributed by atoms with Gasteiger partial charge in [-0.25, -0.2) is 0 Å². The fourth-order valence-electron chi connectivity index (χ4n) is 4.44. The molecule has 180 valence electrons. The number of amides is 1. The van der Waals surface area contributed by atoms with Crippen LogP contribution in [-0.4, -0.2) is 58.6 Å². The minimum Gasteiger partial charge on any atom is -0.493 e. The Bertz CT molecular complexity index is 1290. The highest BCUT2D eigenvalue weighted by molar-refractivity contribution is 5.97. The minimum absolute atomic E-state index is 0.107. The van der Waals surface area contributed by atoms with E-state index in [2.05, 4.69) is 20.4 Å². The average molecular weight is 473 g/mol. The average Bonchev–Trinajstić information content (AvgIpc) is 3.27. The van der Waals surface area contributed by atoms with E-state index < -0.39 is 0 Å². The third-order valence-electron chi connectivity index (χ3n) is 6.16. The molecule has 0 radical (unpaired) electrons. The van der Waals surface area contributed by atoms with Crippen molar-refractivity contribution in [2.75, 3.05) is 33.4 Å². The van der Waals surface area contributed by atoms with Crippen molar-refractivity contribution in [3.63, 3.8) is 0 Å². The second-order valence-electron chi connectivity index (χ2n) is 8.52. The van der Waals surface area contributed by atoms with Crippen LogP contribution in [0.5, 0.6) is 11.5 Å². The van der Waals surface area contributed by atoms with Crippen molar-refractivity contribution >= 4 is 11.4 Å². The van der Waals surface area contributed by atoms with Crippen molar-refractivity contribution in [3.05, 3.63) is 90.3 Å². The molecule has 0 aliphatic carbocycles. The number of benzene rings is 1. The van der Waals surface area contributed by atoms with E-state index in [1.165, 1.54) is 0 Å². The maximum Gasteiger partial charge on any atom is 0.257 e. The van der Waals surface area contributed by atoms with Gasteiger partial charge in [0.2, 0.25) is 0 Å². The Hall–Kier alpha value is -3.91. The van der Waals surface area contributed by atoms with Gasteiger partial charge in [-0.15, -0.1) is 0 Å². The zero-order valence-electron chi connectivity index (χ0n) is 19.7. The van der Waals surface area contributed by atoms with Gasteiger partial charge >= 0.3 is 0 Å². The zero-order chi connectivity index (χ0) is 24.0. The van der Waals surface area contributed by atoms with E-state index in [1.54, 1.807) is 25.4 Å². The highest BCUT2D eigenvalue weighted by Crippen LogP contribution is 2.33. The number of ether oxygens (including phenoxy) is 3. The van der Waals surface area contributed by atoms with Crippen molar-refractivity contribution < 1.29 is 19.0 Å². The molecule has 5 rings (SSSR count).